The summed E-state index contributed by atoms with van der Waals surface area (Å²) in [7, 11) is 0. The van der Waals surface area contributed by atoms with E-state index in [4.69, 9.17) is 0 Å². The molecule has 0 aliphatic carbocycles. The van der Waals surface area contributed by atoms with Gasteiger partial charge in [0.15, 0.2) is 0 Å². The molecule has 19 heavy (non-hydrogen) atoms. The maximum absolute atomic E-state index is 12.2. The summed E-state index contributed by atoms with van der Waals surface area (Å²) in [5.41, 5.74) is 2.40. The van der Waals surface area contributed by atoms with Crippen molar-refractivity contribution >= 4 is 5.91 Å². The molecule has 2 atom stereocenters. The summed E-state index contributed by atoms with van der Waals surface area (Å²) in [6.07, 6.45) is 4.50. The smallest absolute Gasteiger partial charge is 0.237 e. The van der Waals surface area contributed by atoms with Gasteiger partial charge in [-0.25, -0.2) is 0 Å². The van der Waals surface area contributed by atoms with Crippen LogP contribution in [-0.2, 0) is 4.79 Å². The lowest BCUT2D eigenvalue weighted by atomic mass is 10.1. The molecule has 1 aromatic carbocycles. The number of amides is 1. The first-order chi connectivity index (χ1) is 9.16. The lowest BCUT2D eigenvalue weighted by Gasteiger charge is -2.20. The molecule has 1 heterocycles. The summed E-state index contributed by atoms with van der Waals surface area (Å²) >= 11 is 0. The number of aryl methyl sites for hydroxylation is 1. The van der Waals surface area contributed by atoms with E-state index in [9.17, 15) is 4.79 Å². The Hall–Kier alpha value is -1.35. The zero-order valence-electron chi connectivity index (χ0n) is 11.9. The first-order valence-electron chi connectivity index (χ1n) is 7.27. The van der Waals surface area contributed by atoms with Crippen LogP contribution in [0.3, 0.4) is 0 Å². The third-order valence-electron chi connectivity index (χ3n) is 3.81. The zero-order chi connectivity index (χ0) is 13.7. The van der Waals surface area contributed by atoms with Crippen molar-refractivity contribution in [1.82, 2.24) is 10.6 Å². The minimum Gasteiger partial charge on any atom is -0.348 e. The molecule has 1 fully saturated rings. The van der Waals surface area contributed by atoms with Crippen LogP contribution < -0.4 is 10.6 Å². The summed E-state index contributed by atoms with van der Waals surface area (Å²) in [6.45, 7) is 5.07. The minimum atomic E-state index is -0.0181. The van der Waals surface area contributed by atoms with E-state index in [0.717, 1.165) is 24.9 Å². The van der Waals surface area contributed by atoms with Crippen molar-refractivity contribution in [3.63, 3.8) is 0 Å². The second-order valence-corrected chi connectivity index (χ2v) is 5.50. The number of benzene rings is 1. The van der Waals surface area contributed by atoms with Crippen molar-refractivity contribution in [3.05, 3.63) is 35.4 Å². The van der Waals surface area contributed by atoms with Crippen molar-refractivity contribution in [1.29, 1.82) is 0 Å². The van der Waals surface area contributed by atoms with E-state index in [1.54, 1.807) is 0 Å². The number of hydrogen-bond donors (Lipinski definition) is 2. The molecule has 2 rings (SSSR count). The predicted molar refractivity (Wildman–Crippen MR) is 78.0 cm³/mol. The number of hydrogen-bond acceptors (Lipinski definition) is 2. The van der Waals surface area contributed by atoms with E-state index in [0.29, 0.717) is 0 Å². The van der Waals surface area contributed by atoms with Crippen LogP contribution in [0.4, 0.5) is 0 Å². The second kappa shape index (κ2) is 6.71. The Morgan fingerprint density at radius 1 is 1.26 bits per heavy atom. The predicted octanol–water partition coefficient (Wildman–Crippen LogP) is 2.70. The SMILES string of the molecule is Cc1ccc([C@H](C)NC(=O)C2CCCCCN2)cc1. The van der Waals surface area contributed by atoms with E-state index >= 15 is 0 Å². The third-order valence-corrected chi connectivity index (χ3v) is 3.81. The first kappa shape index (κ1) is 14.1. The molecule has 0 bridgehead atoms. The lowest BCUT2D eigenvalue weighted by molar-refractivity contribution is -0.123. The van der Waals surface area contributed by atoms with Crippen LogP contribution in [0, 0.1) is 6.92 Å². The molecule has 2 N–H and O–H groups in total. The van der Waals surface area contributed by atoms with E-state index in [2.05, 4.69) is 41.8 Å². The van der Waals surface area contributed by atoms with Gasteiger partial charge < -0.3 is 10.6 Å². The summed E-state index contributed by atoms with van der Waals surface area (Å²) in [5, 5.41) is 6.45. The van der Waals surface area contributed by atoms with Gasteiger partial charge in [0.1, 0.15) is 0 Å². The molecule has 104 valence electrons. The molecule has 0 aromatic heterocycles. The van der Waals surface area contributed by atoms with Crippen LogP contribution in [-0.4, -0.2) is 18.5 Å². The highest BCUT2D eigenvalue weighted by Gasteiger charge is 2.21. The Bertz CT molecular complexity index is 405. The Morgan fingerprint density at radius 2 is 2.00 bits per heavy atom. The number of carbonyl (C=O) groups excluding carboxylic acids is 1. The van der Waals surface area contributed by atoms with E-state index in [1.165, 1.54) is 18.4 Å². The van der Waals surface area contributed by atoms with Gasteiger partial charge in [-0.2, -0.15) is 0 Å². The quantitative estimate of drug-likeness (QED) is 0.877. The van der Waals surface area contributed by atoms with Crippen molar-refractivity contribution in [2.24, 2.45) is 0 Å². The maximum Gasteiger partial charge on any atom is 0.237 e. The summed E-state index contributed by atoms with van der Waals surface area (Å²) in [6, 6.07) is 8.39. The fraction of sp³-hybridized carbons (Fsp3) is 0.562. The molecule has 1 aliphatic rings. The monoisotopic (exact) mass is 260 g/mol. The van der Waals surface area contributed by atoms with E-state index in [-0.39, 0.29) is 18.0 Å². The van der Waals surface area contributed by atoms with Gasteiger partial charge in [-0.1, -0.05) is 42.7 Å². The van der Waals surface area contributed by atoms with Crippen molar-refractivity contribution in [2.75, 3.05) is 6.54 Å². The molecule has 0 spiro atoms. The molecule has 1 amide bonds. The molecule has 3 heteroatoms. The number of carbonyl (C=O) groups is 1. The van der Waals surface area contributed by atoms with Crippen molar-refractivity contribution in [3.8, 4) is 0 Å². The van der Waals surface area contributed by atoms with Gasteiger partial charge in [0.25, 0.3) is 0 Å². The fourth-order valence-electron chi connectivity index (χ4n) is 2.50. The van der Waals surface area contributed by atoms with Crippen molar-refractivity contribution < 1.29 is 4.79 Å². The Labute approximate surface area is 115 Å². The molecular weight excluding hydrogens is 236 g/mol. The summed E-state index contributed by atoms with van der Waals surface area (Å²) in [4.78, 5) is 12.2. The molecule has 1 aliphatic heterocycles. The third kappa shape index (κ3) is 4.06. The van der Waals surface area contributed by atoms with Gasteiger partial charge in [-0.05, 0) is 38.8 Å². The van der Waals surface area contributed by atoms with Crippen LogP contribution in [0.1, 0.15) is 49.8 Å². The van der Waals surface area contributed by atoms with Gasteiger partial charge in [0.2, 0.25) is 5.91 Å². The molecule has 0 radical (unpaired) electrons. The van der Waals surface area contributed by atoms with Crippen LogP contribution >= 0.6 is 0 Å². The van der Waals surface area contributed by atoms with Gasteiger partial charge in [-0.3, -0.25) is 4.79 Å². The van der Waals surface area contributed by atoms with Gasteiger partial charge in [-0.15, -0.1) is 0 Å². The van der Waals surface area contributed by atoms with Gasteiger partial charge >= 0.3 is 0 Å². The highest BCUT2D eigenvalue weighted by atomic mass is 16.2. The van der Waals surface area contributed by atoms with Crippen LogP contribution in [0.2, 0.25) is 0 Å². The second-order valence-electron chi connectivity index (χ2n) is 5.50. The lowest BCUT2D eigenvalue weighted by Crippen LogP contribution is -2.44. The normalized spacial score (nSPS) is 21.5. The van der Waals surface area contributed by atoms with Crippen LogP contribution in [0.25, 0.3) is 0 Å². The van der Waals surface area contributed by atoms with Crippen molar-refractivity contribution in [2.45, 2.75) is 51.6 Å². The highest BCUT2D eigenvalue weighted by molar-refractivity contribution is 5.82. The Morgan fingerprint density at radius 3 is 2.74 bits per heavy atom. The van der Waals surface area contributed by atoms with Crippen LogP contribution in [0.5, 0.6) is 0 Å². The Balaban J connectivity index is 1.92. The topological polar surface area (TPSA) is 41.1 Å². The fourth-order valence-corrected chi connectivity index (χ4v) is 2.50. The number of rotatable bonds is 3. The zero-order valence-corrected chi connectivity index (χ0v) is 11.9. The van der Waals surface area contributed by atoms with Gasteiger partial charge in [0, 0.05) is 0 Å². The maximum atomic E-state index is 12.2. The molecule has 0 saturated carbocycles. The Kier molecular flexibility index (Phi) is 4.97. The average Bonchev–Trinajstić information content (AvgIpc) is 2.68. The summed E-state index contributed by atoms with van der Waals surface area (Å²) in [5.74, 6) is 0.134. The average molecular weight is 260 g/mol. The molecule has 1 unspecified atom stereocenters. The molecule has 1 saturated heterocycles. The molecule has 1 aromatic rings. The van der Waals surface area contributed by atoms with E-state index < -0.39 is 0 Å². The number of nitrogens with one attached hydrogen (secondary N) is 2. The molecule has 3 nitrogen and oxygen atoms in total. The first-order valence-corrected chi connectivity index (χ1v) is 7.27. The largest absolute Gasteiger partial charge is 0.348 e. The standard InChI is InChI=1S/C16H24N2O/c1-12-7-9-14(10-8-12)13(2)18-16(19)15-6-4-3-5-11-17-15/h7-10,13,15,17H,3-6,11H2,1-2H3,(H,18,19)/t13-,15?/m0/s1. The van der Waals surface area contributed by atoms with Crippen LogP contribution in [0.15, 0.2) is 24.3 Å². The summed E-state index contributed by atoms with van der Waals surface area (Å²) < 4.78 is 0. The minimum absolute atomic E-state index is 0.0181. The molecular formula is C16H24N2O. The van der Waals surface area contributed by atoms with Gasteiger partial charge in [0.05, 0.1) is 12.1 Å². The highest BCUT2D eigenvalue weighted by Crippen LogP contribution is 2.14. The van der Waals surface area contributed by atoms with E-state index in [1.807, 2.05) is 6.92 Å².